The number of anilines is 2. The molecule has 0 aromatic carbocycles. The van der Waals surface area contributed by atoms with Crippen molar-refractivity contribution in [1.29, 1.82) is 0 Å². The number of nitrogens with one attached hydrogen (secondary N) is 2. The Morgan fingerprint density at radius 3 is 1.79 bits per heavy atom. The number of fused-ring (bicyclic) bond motifs is 2. The molecule has 17 heteroatoms. The zero-order valence-electron chi connectivity index (χ0n) is 13.7. The van der Waals surface area contributed by atoms with Crippen LogP contribution in [0.25, 0.3) is 22.3 Å². The highest BCUT2D eigenvalue weighted by Gasteiger charge is 2.35. The molecular weight excluding hydrogens is 525 g/mol. The van der Waals surface area contributed by atoms with Crippen molar-refractivity contribution in [3.8, 4) is 0 Å². The largest absolute Gasteiger partial charge is 0.449 e. The van der Waals surface area contributed by atoms with E-state index in [1.807, 2.05) is 4.98 Å². The number of aromatic nitrogens is 8. The maximum absolute atomic E-state index is 12.2. The van der Waals surface area contributed by atoms with Crippen molar-refractivity contribution in [1.82, 2.24) is 39.9 Å². The first kappa shape index (κ1) is 22.3. The zero-order valence-corrected chi connectivity index (χ0v) is 15.9. The van der Waals surface area contributed by atoms with Gasteiger partial charge in [0.25, 0.3) is 0 Å². The minimum absolute atomic E-state index is 0.000162. The predicted molar refractivity (Wildman–Crippen MR) is 97.3 cm³/mol. The Balaban J connectivity index is 0.000000175. The predicted octanol–water partition coefficient (Wildman–Crippen LogP) is 2.83. The molecule has 0 saturated heterocycles. The van der Waals surface area contributed by atoms with Crippen LogP contribution in [-0.4, -0.2) is 44.1 Å². The summed E-state index contributed by atoms with van der Waals surface area (Å²) in [6.45, 7) is 0. The number of hydrogen-bond donors (Lipinski definition) is 4. The van der Waals surface area contributed by atoms with Gasteiger partial charge in [0.1, 0.15) is 23.7 Å². The molecule has 29 heavy (non-hydrogen) atoms. The molecule has 0 fully saturated rings. The van der Waals surface area contributed by atoms with Crippen LogP contribution in [0.15, 0.2) is 19.0 Å². The van der Waals surface area contributed by atoms with E-state index in [0.29, 0.717) is 39.6 Å². The summed E-state index contributed by atoms with van der Waals surface area (Å²) >= 11 is 0.378. The summed E-state index contributed by atoms with van der Waals surface area (Å²) in [7, 11) is 0. The SMILES string of the molecule is FC(F)(F)I.Nc1ncnc2nc(C(F)(F)F)[nH]c12.Nc1ncnc2nc[nH]c12. The summed E-state index contributed by atoms with van der Waals surface area (Å²) in [4.78, 5) is 26.7. The van der Waals surface area contributed by atoms with Crippen molar-refractivity contribution >= 4 is 56.6 Å². The Hall–Kier alpha value is -2.99. The summed E-state index contributed by atoms with van der Waals surface area (Å²) in [5.74, 6) is -0.750. The fourth-order valence-corrected chi connectivity index (χ4v) is 1.76. The zero-order chi connectivity index (χ0) is 21.8. The molecule has 0 amide bonds. The van der Waals surface area contributed by atoms with Crippen LogP contribution >= 0.6 is 22.6 Å². The molecule has 6 N–H and O–H groups in total. The van der Waals surface area contributed by atoms with Gasteiger partial charge in [-0.1, -0.05) is 0 Å². The summed E-state index contributed by atoms with van der Waals surface area (Å²) in [5.41, 5.74) is 12.0. The van der Waals surface area contributed by atoms with Gasteiger partial charge >= 0.3 is 10.4 Å². The third kappa shape index (κ3) is 6.54. The summed E-state index contributed by atoms with van der Waals surface area (Å²) in [6, 6.07) is 0. The fraction of sp³-hybridized carbons (Fsp3) is 0.167. The maximum Gasteiger partial charge on any atom is 0.449 e. The van der Waals surface area contributed by atoms with E-state index in [4.69, 9.17) is 11.5 Å². The van der Waals surface area contributed by atoms with Crippen LogP contribution in [0.5, 0.6) is 0 Å². The van der Waals surface area contributed by atoms with Gasteiger partial charge in [-0.3, -0.25) is 0 Å². The fourth-order valence-electron chi connectivity index (χ4n) is 1.76. The summed E-state index contributed by atoms with van der Waals surface area (Å²) < 4.78 is 63.5. The van der Waals surface area contributed by atoms with Crippen molar-refractivity contribution in [2.45, 2.75) is 10.4 Å². The van der Waals surface area contributed by atoms with E-state index < -0.39 is 16.2 Å². The number of H-pyrrole nitrogens is 2. The van der Waals surface area contributed by atoms with E-state index in [1.54, 1.807) is 0 Å². The molecule has 4 heterocycles. The maximum atomic E-state index is 12.2. The minimum Gasteiger partial charge on any atom is -0.382 e. The smallest absolute Gasteiger partial charge is 0.382 e. The van der Waals surface area contributed by atoms with Gasteiger partial charge in [0, 0.05) is 22.6 Å². The lowest BCUT2D eigenvalue weighted by atomic mass is 10.5. The molecule has 4 aromatic rings. The lowest BCUT2D eigenvalue weighted by molar-refractivity contribution is -0.144. The first-order valence-corrected chi connectivity index (χ1v) is 8.12. The first-order valence-electron chi connectivity index (χ1n) is 7.05. The van der Waals surface area contributed by atoms with Crippen molar-refractivity contribution < 1.29 is 26.3 Å². The van der Waals surface area contributed by atoms with E-state index in [2.05, 4.69) is 34.9 Å². The van der Waals surface area contributed by atoms with Crippen LogP contribution in [0.3, 0.4) is 0 Å². The quantitative estimate of drug-likeness (QED) is 0.152. The second-order valence-corrected chi connectivity index (χ2v) is 6.05. The molecule has 156 valence electrons. The van der Waals surface area contributed by atoms with Gasteiger partial charge in [-0.2, -0.15) is 26.3 Å². The van der Waals surface area contributed by atoms with Crippen molar-refractivity contribution in [3.63, 3.8) is 0 Å². The number of rotatable bonds is 0. The van der Waals surface area contributed by atoms with Gasteiger partial charge < -0.3 is 21.4 Å². The standard InChI is InChI=1S/C6H4F3N5.C5H5N5.CF3I/c7-6(8,9)5-13-2-3(10)11-1-12-4(2)14-5;6-4-3-5(9-1-7-3)10-2-8-4;2-1(3,4)5/h1H,(H3,10,11,12,13,14);1-2H,(H3,6,7,8,9,10);. The van der Waals surface area contributed by atoms with Crippen molar-refractivity contribution in [2.24, 2.45) is 0 Å². The third-order valence-electron chi connectivity index (χ3n) is 2.84. The third-order valence-corrected chi connectivity index (χ3v) is 2.84. The number of halogens is 7. The van der Waals surface area contributed by atoms with Gasteiger partial charge in [0.15, 0.2) is 22.9 Å². The molecule has 0 aliphatic rings. The van der Waals surface area contributed by atoms with E-state index >= 15 is 0 Å². The highest BCUT2D eigenvalue weighted by Crippen LogP contribution is 2.28. The summed E-state index contributed by atoms with van der Waals surface area (Å²) in [5, 5.41) is 0. The molecule has 0 bridgehead atoms. The first-order chi connectivity index (χ1) is 13.4. The van der Waals surface area contributed by atoms with Crippen LogP contribution < -0.4 is 11.5 Å². The molecule has 10 nitrogen and oxygen atoms in total. The minimum atomic E-state index is -4.53. The lowest BCUT2D eigenvalue weighted by Gasteiger charge is -1.98. The second kappa shape index (κ2) is 8.57. The molecule has 0 aliphatic heterocycles. The normalized spacial score (nSPS) is 11.6. The highest BCUT2D eigenvalue weighted by molar-refractivity contribution is 14.1. The Morgan fingerprint density at radius 2 is 1.31 bits per heavy atom. The van der Waals surface area contributed by atoms with Crippen LogP contribution in [0, 0.1) is 0 Å². The van der Waals surface area contributed by atoms with E-state index in [1.165, 1.54) is 12.7 Å². The topological polar surface area (TPSA) is 161 Å². The van der Waals surface area contributed by atoms with Gasteiger partial charge in [0.2, 0.25) is 5.82 Å². The molecule has 0 unspecified atom stereocenters. The number of imidazole rings is 2. The van der Waals surface area contributed by atoms with Gasteiger partial charge in [-0.15, -0.1) is 0 Å². The Kier molecular flexibility index (Phi) is 6.59. The van der Waals surface area contributed by atoms with Crippen LogP contribution in [0.2, 0.25) is 0 Å². The van der Waals surface area contributed by atoms with Crippen LogP contribution in [0.4, 0.5) is 38.0 Å². The van der Waals surface area contributed by atoms with Gasteiger partial charge in [-0.25, -0.2) is 29.9 Å². The second-order valence-electron chi connectivity index (χ2n) is 4.83. The number of hydrogen-bond acceptors (Lipinski definition) is 8. The molecule has 0 atom stereocenters. The Morgan fingerprint density at radius 1 is 0.793 bits per heavy atom. The number of nitrogens with two attached hydrogens (primary N) is 2. The van der Waals surface area contributed by atoms with E-state index in [0.717, 1.165) is 6.33 Å². The monoisotopic (exact) mass is 534 g/mol. The van der Waals surface area contributed by atoms with Crippen molar-refractivity contribution in [3.05, 3.63) is 24.8 Å². The van der Waals surface area contributed by atoms with Crippen LogP contribution in [-0.2, 0) is 6.18 Å². The average molecular weight is 534 g/mol. The lowest BCUT2D eigenvalue weighted by Crippen LogP contribution is -2.07. The van der Waals surface area contributed by atoms with Crippen LogP contribution in [0.1, 0.15) is 5.82 Å². The molecule has 0 aliphatic carbocycles. The van der Waals surface area contributed by atoms with E-state index in [-0.39, 0.29) is 17.0 Å². The molecule has 0 spiro atoms. The number of nitrogens with zero attached hydrogens (tertiary/aromatic N) is 6. The molecule has 0 radical (unpaired) electrons. The molecular formula is C12H9F6IN10. The Bertz CT molecular complexity index is 1080. The van der Waals surface area contributed by atoms with Gasteiger partial charge in [-0.05, 0) is 0 Å². The Labute approximate surface area is 169 Å². The number of aromatic amines is 2. The molecule has 0 saturated carbocycles. The van der Waals surface area contributed by atoms with E-state index in [9.17, 15) is 26.3 Å². The van der Waals surface area contributed by atoms with Gasteiger partial charge in [0.05, 0.1) is 6.33 Å². The summed E-state index contributed by atoms with van der Waals surface area (Å²) in [6.07, 6.45) is -0.556. The number of alkyl halides is 7. The highest BCUT2D eigenvalue weighted by atomic mass is 127. The average Bonchev–Trinajstić information content (AvgIpc) is 3.21. The molecule has 4 rings (SSSR count). The molecule has 4 aromatic heterocycles. The van der Waals surface area contributed by atoms with Crippen molar-refractivity contribution in [2.75, 3.05) is 11.5 Å². The number of nitrogen functional groups attached to an aromatic ring is 2.